The number of amides is 3. The van der Waals surface area contributed by atoms with Crippen molar-refractivity contribution in [1.29, 1.82) is 0 Å². The number of hydrogen-bond donors (Lipinski definition) is 3. The van der Waals surface area contributed by atoms with Gasteiger partial charge in [-0.1, -0.05) is 81.3 Å². The summed E-state index contributed by atoms with van der Waals surface area (Å²) in [5, 5.41) is 5.66. The average molecular weight is 580 g/mol. The molecule has 0 heterocycles. The molecule has 0 aliphatic heterocycles. The number of carbonyl (C=O) groups is 3. The summed E-state index contributed by atoms with van der Waals surface area (Å²) in [6, 6.07) is 12.5. The lowest BCUT2D eigenvalue weighted by molar-refractivity contribution is -0.140. The number of nitrogens with one attached hydrogen (secondary N) is 2. The van der Waals surface area contributed by atoms with Gasteiger partial charge in [-0.25, -0.2) is 4.79 Å². The van der Waals surface area contributed by atoms with Gasteiger partial charge in [0.1, 0.15) is 17.7 Å². The fourth-order valence-corrected chi connectivity index (χ4v) is 4.74. The highest BCUT2D eigenvalue weighted by atomic mass is 32.1. The van der Waals surface area contributed by atoms with Crippen LogP contribution >= 0.6 is 12.6 Å². The van der Waals surface area contributed by atoms with Crippen LogP contribution in [0.1, 0.15) is 89.0 Å². The molecule has 2 unspecified atom stereocenters. The first-order valence-electron chi connectivity index (χ1n) is 14.3. The molecule has 0 spiro atoms. The predicted molar refractivity (Wildman–Crippen MR) is 169 cm³/mol. The van der Waals surface area contributed by atoms with Crippen LogP contribution in [0.25, 0.3) is 0 Å². The minimum Gasteiger partial charge on any atom is -0.444 e. The second-order valence-corrected chi connectivity index (χ2v) is 11.5. The van der Waals surface area contributed by atoms with Crippen LogP contribution in [0.3, 0.4) is 0 Å². The standard InChI is InChI=1S/C33H45N3O4S/c1-7-9-10-11-12-17-22-36(31(38)28(23-41)35-32(39)40-33(4,5)6)29(26-20-15-14-19-25(26)8-2)30(37)34-27-21-16-13-18-24(27)3/h2,13-16,18-21,28-29,41H,7,9-12,17,22-23H2,1,3-6H3,(H,34,37)(H,35,39). The average Bonchev–Trinajstić information content (AvgIpc) is 2.93. The Morgan fingerprint density at radius 3 is 2.27 bits per heavy atom. The molecule has 0 aliphatic carbocycles. The summed E-state index contributed by atoms with van der Waals surface area (Å²) in [4.78, 5) is 42.4. The maximum atomic E-state index is 14.2. The van der Waals surface area contributed by atoms with Crippen molar-refractivity contribution in [3.8, 4) is 12.3 Å². The summed E-state index contributed by atoms with van der Waals surface area (Å²) in [6.45, 7) is 9.61. The zero-order valence-corrected chi connectivity index (χ0v) is 25.9. The van der Waals surface area contributed by atoms with Crippen molar-refractivity contribution in [2.75, 3.05) is 17.6 Å². The lowest BCUT2D eigenvalue weighted by Gasteiger charge is -2.35. The van der Waals surface area contributed by atoms with Crippen molar-refractivity contribution in [2.45, 2.75) is 90.8 Å². The van der Waals surface area contributed by atoms with Crippen LogP contribution in [0.4, 0.5) is 10.5 Å². The molecule has 222 valence electrons. The van der Waals surface area contributed by atoms with E-state index in [1.807, 2.05) is 31.2 Å². The third-order valence-electron chi connectivity index (χ3n) is 6.58. The summed E-state index contributed by atoms with van der Waals surface area (Å²) in [5.74, 6) is 1.86. The molecule has 2 N–H and O–H groups in total. The number of benzene rings is 2. The molecule has 7 nitrogen and oxygen atoms in total. The van der Waals surface area contributed by atoms with Gasteiger partial charge in [0.25, 0.3) is 5.91 Å². The molecule has 0 aliphatic rings. The Balaban J connectivity index is 2.51. The SMILES string of the molecule is C#Cc1ccccc1C(C(=O)Nc1ccccc1C)N(CCCCCCCC)C(=O)C(CS)NC(=O)OC(C)(C)C. The number of ether oxygens (including phenoxy) is 1. The topological polar surface area (TPSA) is 87.7 Å². The van der Waals surface area contributed by atoms with Crippen LogP contribution in [0.2, 0.25) is 0 Å². The molecule has 3 amide bonds. The highest BCUT2D eigenvalue weighted by molar-refractivity contribution is 7.80. The molecular formula is C33H45N3O4S. The number of unbranched alkanes of at least 4 members (excludes halogenated alkanes) is 5. The lowest BCUT2D eigenvalue weighted by atomic mass is 9.97. The summed E-state index contributed by atoms with van der Waals surface area (Å²) in [7, 11) is 0. The van der Waals surface area contributed by atoms with E-state index in [1.165, 1.54) is 4.90 Å². The van der Waals surface area contributed by atoms with E-state index in [-0.39, 0.29) is 5.75 Å². The number of hydrogen-bond acceptors (Lipinski definition) is 5. The Morgan fingerprint density at radius 2 is 1.63 bits per heavy atom. The number of anilines is 1. The summed E-state index contributed by atoms with van der Waals surface area (Å²) in [6.07, 6.45) is 11.1. The number of carbonyl (C=O) groups excluding carboxylic acids is 3. The largest absolute Gasteiger partial charge is 0.444 e. The molecular weight excluding hydrogens is 534 g/mol. The van der Waals surface area contributed by atoms with Gasteiger partial charge in [0.15, 0.2) is 0 Å². The van der Waals surface area contributed by atoms with Crippen molar-refractivity contribution in [2.24, 2.45) is 0 Å². The van der Waals surface area contributed by atoms with Crippen molar-refractivity contribution in [3.05, 3.63) is 65.2 Å². The molecule has 0 bridgehead atoms. The van der Waals surface area contributed by atoms with E-state index in [4.69, 9.17) is 11.2 Å². The fourth-order valence-electron chi connectivity index (χ4n) is 4.50. The monoisotopic (exact) mass is 579 g/mol. The van der Waals surface area contributed by atoms with Crippen molar-refractivity contribution in [1.82, 2.24) is 10.2 Å². The van der Waals surface area contributed by atoms with E-state index in [2.05, 4.69) is 36.1 Å². The summed E-state index contributed by atoms with van der Waals surface area (Å²) < 4.78 is 5.40. The minimum absolute atomic E-state index is 0.0218. The highest BCUT2D eigenvalue weighted by Gasteiger charge is 2.36. The molecule has 2 atom stereocenters. The van der Waals surface area contributed by atoms with Gasteiger partial charge in [0, 0.05) is 23.5 Å². The molecule has 0 aromatic heterocycles. The molecule has 8 heteroatoms. The van der Waals surface area contributed by atoms with Gasteiger partial charge >= 0.3 is 6.09 Å². The maximum absolute atomic E-state index is 14.2. The molecule has 2 aromatic rings. The van der Waals surface area contributed by atoms with Crippen molar-refractivity contribution < 1.29 is 19.1 Å². The fraction of sp³-hybridized carbons (Fsp3) is 0.485. The number of rotatable bonds is 14. The first-order chi connectivity index (χ1) is 19.5. The van der Waals surface area contributed by atoms with E-state index in [9.17, 15) is 14.4 Å². The zero-order chi connectivity index (χ0) is 30.4. The summed E-state index contributed by atoms with van der Waals surface area (Å²) in [5.41, 5.74) is 1.84. The number of thiol groups is 1. The Labute approximate surface area is 251 Å². The molecule has 2 aromatic carbocycles. The second-order valence-electron chi connectivity index (χ2n) is 11.1. The van der Waals surface area contributed by atoms with Crippen LogP contribution < -0.4 is 10.6 Å². The molecule has 0 saturated carbocycles. The van der Waals surface area contributed by atoms with Gasteiger partial charge in [0.05, 0.1) is 0 Å². The molecule has 0 fully saturated rings. The quantitative estimate of drug-likeness (QED) is 0.133. The van der Waals surface area contributed by atoms with Crippen LogP contribution in [0.5, 0.6) is 0 Å². The number of alkyl carbamates (subject to hydrolysis) is 1. The lowest BCUT2D eigenvalue weighted by Crippen LogP contribution is -2.53. The van der Waals surface area contributed by atoms with Crippen LogP contribution in [0.15, 0.2) is 48.5 Å². The molecule has 0 radical (unpaired) electrons. The molecule has 0 saturated heterocycles. The van der Waals surface area contributed by atoms with E-state index in [0.29, 0.717) is 29.8 Å². The van der Waals surface area contributed by atoms with Crippen LogP contribution in [-0.4, -0.2) is 46.7 Å². The third kappa shape index (κ3) is 10.8. The van der Waals surface area contributed by atoms with Gasteiger partial charge < -0.3 is 20.3 Å². The normalized spacial score (nSPS) is 12.5. The Morgan fingerprint density at radius 1 is 1.00 bits per heavy atom. The predicted octanol–water partition coefficient (Wildman–Crippen LogP) is 6.67. The van der Waals surface area contributed by atoms with Gasteiger partial charge in [-0.15, -0.1) is 6.42 Å². The minimum atomic E-state index is -1.03. The van der Waals surface area contributed by atoms with Crippen molar-refractivity contribution in [3.63, 3.8) is 0 Å². The van der Waals surface area contributed by atoms with Gasteiger partial charge in [-0.2, -0.15) is 12.6 Å². The number of terminal acetylenes is 1. The molecule has 41 heavy (non-hydrogen) atoms. The van der Waals surface area contributed by atoms with Crippen LogP contribution in [-0.2, 0) is 14.3 Å². The Bertz CT molecular complexity index is 1200. The first-order valence-corrected chi connectivity index (χ1v) is 15.0. The van der Waals surface area contributed by atoms with Crippen molar-refractivity contribution >= 4 is 36.2 Å². The Hall–Kier alpha value is -3.44. The van der Waals surface area contributed by atoms with Gasteiger partial charge in [-0.05, 0) is 57.4 Å². The number of aryl methyl sites for hydroxylation is 1. The van der Waals surface area contributed by atoms with E-state index < -0.39 is 35.6 Å². The first kappa shape index (κ1) is 33.8. The number of nitrogens with zero attached hydrogens (tertiary/aromatic N) is 1. The van der Waals surface area contributed by atoms with Crippen LogP contribution in [0, 0.1) is 19.3 Å². The van der Waals surface area contributed by atoms with E-state index in [0.717, 1.165) is 37.7 Å². The van der Waals surface area contributed by atoms with E-state index in [1.54, 1.807) is 45.0 Å². The third-order valence-corrected chi connectivity index (χ3v) is 6.95. The number of para-hydroxylation sites is 1. The van der Waals surface area contributed by atoms with Gasteiger partial charge in [0.2, 0.25) is 5.91 Å². The maximum Gasteiger partial charge on any atom is 0.408 e. The van der Waals surface area contributed by atoms with Gasteiger partial charge in [-0.3, -0.25) is 9.59 Å². The Kier molecular flexibility index (Phi) is 13.8. The van der Waals surface area contributed by atoms with E-state index >= 15 is 0 Å². The zero-order valence-electron chi connectivity index (χ0n) is 25.0. The second kappa shape index (κ2) is 16.7. The smallest absolute Gasteiger partial charge is 0.408 e. The highest BCUT2D eigenvalue weighted by Crippen LogP contribution is 2.28. The molecule has 2 rings (SSSR count). The summed E-state index contributed by atoms with van der Waals surface area (Å²) >= 11 is 4.37.